The van der Waals surface area contributed by atoms with Crippen LogP contribution in [0.4, 0.5) is 18.9 Å². The van der Waals surface area contributed by atoms with Crippen LogP contribution >= 0.6 is 11.6 Å². The van der Waals surface area contributed by atoms with Gasteiger partial charge in [0.25, 0.3) is 5.56 Å². The molecular weight excluding hydrogens is 377 g/mol. The highest BCUT2D eigenvalue weighted by molar-refractivity contribution is 6.33. The number of pyridine rings is 1. The Morgan fingerprint density at radius 2 is 2.04 bits per heavy atom. The summed E-state index contributed by atoms with van der Waals surface area (Å²) in [4.78, 5) is 28.8. The van der Waals surface area contributed by atoms with Crippen molar-refractivity contribution in [3.8, 4) is 5.82 Å². The van der Waals surface area contributed by atoms with Crippen LogP contribution in [0, 0.1) is 0 Å². The topological polar surface area (TPSA) is 88.3 Å². The third-order valence-electron chi connectivity index (χ3n) is 4.04. The van der Waals surface area contributed by atoms with Gasteiger partial charge in [-0.25, -0.2) is 9.78 Å². The summed E-state index contributed by atoms with van der Waals surface area (Å²) in [5.41, 5.74) is -1.59. The van der Waals surface area contributed by atoms with Gasteiger partial charge >= 0.3 is 12.1 Å². The van der Waals surface area contributed by atoms with Gasteiger partial charge in [0.15, 0.2) is 5.82 Å². The number of rotatable bonds is 3. The number of carboxylic acid groups (broad SMARTS) is 1. The normalized spacial score (nSPS) is 17.5. The van der Waals surface area contributed by atoms with Gasteiger partial charge in [0.2, 0.25) is 0 Å². The van der Waals surface area contributed by atoms with E-state index >= 15 is 0 Å². The van der Waals surface area contributed by atoms with E-state index in [4.69, 9.17) is 11.6 Å². The number of hydrogen-bond donors (Lipinski definition) is 1. The fourth-order valence-corrected chi connectivity index (χ4v) is 3.02. The summed E-state index contributed by atoms with van der Waals surface area (Å²) in [6.45, 7) is 0.403. The van der Waals surface area contributed by atoms with Crippen molar-refractivity contribution in [1.29, 1.82) is 0 Å². The molecule has 0 amide bonds. The predicted molar refractivity (Wildman–Crippen MR) is 85.6 cm³/mol. The Balaban J connectivity index is 1.98. The molecule has 0 saturated carbocycles. The van der Waals surface area contributed by atoms with Crippen LogP contribution in [-0.2, 0) is 11.0 Å². The van der Waals surface area contributed by atoms with E-state index < -0.39 is 29.3 Å². The van der Waals surface area contributed by atoms with Crippen molar-refractivity contribution in [1.82, 2.24) is 14.8 Å². The molecule has 0 spiro atoms. The lowest BCUT2D eigenvalue weighted by Crippen LogP contribution is -2.37. The van der Waals surface area contributed by atoms with Gasteiger partial charge in [-0.2, -0.15) is 23.0 Å². The third kappa shape index (κ3) is 3.24. The predicted octanol–water partition coefficient (Wildman–Crippen LogP) is 2.35. The molecule has 138 valence electrons. The monoisotopic (exact) mass is 388 g/mol. The van der Waals surface area contributed by atoms with E-state index in [-0.39, 0.29) is 16.5 Å². The first kappa shape index (κ1) is 18.2. The van der Waals surface area contributed by atoms with E-state index in [1.54, 1.807) is 0 Å². The minimum Gasteiger partial charge on any atom is -0.480 e. The van der Waals surface area contributed by atoms with Crippen LogP contribution in [0.25, 0.3) is 5.82 Å². The van der Waals surface area contributed by atoms with E-state index in [1.807, 2.05) is 0 Å². The number of carbonyl (C=O) groups is 1. The number of nitrogens with zero attached hydrogens (tertiary/aromatic N) is 4. The fraction of sp³-hybridized carbons (Fsp3) is 0.333. The molecule has 1 saturated heterocycles. The zero-order valence-corrected chi connectivity index (χ0v) is 13.8. The first-order valence-electron chi connectivity index (χ1n) is 7.51. The zero-order valence-electron chi connectivity index (χ0n) is 13.1. The number of carboxylic acids is 1. The van der Waals surface area contributed by atoms with Gasteiger partial charge in [-0.05, 0) is 25.0 Å². The smallest absolute Gasteiger partial charge is 0.417 e. The number of aliphatic carboxylic acids is 1. The highest BCUT2D eigenvalue weighted by atomic mass is 35.5. The molecule has 0 bridgehead atoms. The molecule has 26 heavy (non-hydrogen) atoms. The summed E-state index contributed by atoms with van der Waals surface area (Å²) in [5.74, 6) is -1.17. The number of halogens is 4. The van der Waals surface area contributed by atoms with Crippen molar-refractivity contribution in [2.75, 3.05) is 11.4 Å². The van der Waals surface area contributed by atoms with Crippen molar-refractivity contribution in [2.45, 2.75) is 25.1 Å². The molecule has 1 aliphatic heterocycles. The van der Waals surface area contributed by atoms with E-state index in [0.29, 0.717) is 25.6 Å². The first-order valence-corrected chi connectivity index (χ1v) is 7.89. The average molecular weight is 389 g/mol. The fourth-order valence-electron chi connectivity index (χ4n) is 2.78. The standard InChI is InChI=1S/C15H12ClF3N4O3/c16-12-10(22-5-1-2-9(22)14(25)26)7-21-23(13(12)24)11-4-3-8(6-20-11)15(17,18)19/h3-4,6-7,9H,1-2,5H2,(H,25,26)/t9-/m1/s1. The Morgan fingerprint density at radius 3 is 2.62 bits per heavy atom. The Morgan fingerprint density at radius 1 is 1.31 bits per heavy atom. The molecule has 7 nitrogen and oxygen atoms in total. The Labute approximate surface area is 149 Å². The van der Waals surface area contributed by atoms with E-state index in [2.05, 4.69) is 10.1 Å². The number of hydrogen-bond acceptors (Lipinski definition) is 5. The maximum atomic E-state index is 12.6. The van der Waals surface area contributed by atoms with Gasteiger partial charge < -0.3 is 10.0 Å². The van der Waals surface area contributed by atoms with Crippen LogP contribution in [0.3, 0.4) is 0 Å². The van der Waals surface area contributed by atoms with Gasteiger partial charge in [-0.1, -0.05) is 11.6 Å². The number of anilines is 1. The Hall–Kier alpha value is -2.62. The van der Waals surface area contributed by atoms with Crippen LogP contribution in [0.1, 0.15) is 18.4 Å². The maximum absolute atomic E-state index is 12.6. The second-order valence-corrected chi connectivity index (χ2v) is 6.03. The minimum atomic E-state index is -4.55. The van der Waals surface area contributed by atoms with Gasteiger partial charge in [-0.3, -0.25) is 4.79 Å². The number of aromatic nitrogens is 3. The van der Waals surface area contributed by atoms with E-state index in [0.717, 1.165) is 16.8 Å². The second kappa shape index (κ2) is 6.60. The lowest BCUT2D eigenvalue weighted by molar-refractivity contribution is -0.139. The molecule has 1 atom stereocenters. The molecule has 0 aromatic carbocycles. The molecule has 1 fully saturated rings. The van der Waals surface area contributed by atoms with Crippen LogP contribution in [-0.4, -0.2) is 38.4 Å². The van der Waals surface area contributed by atoms with Crippen molar-refractivity contribution >= 4 is 23.3 Å². The van der Waals surface area contributed by atoms with Crippen LogP contribution in [0.5, 0.6) is 0 Å². The summed E-state index contributed by atoms with van der Waals surface area (Å²) in [6.07, 6.45) is -1.71. The van der Waals surface area contributed by atoms with Crippen molar-refractivity contribution < 1.29 is 23.1 Å². The highest BCUT2D eigenvalue weighted by Crippen LogP contribution is 2.30. The Kier molecular flexibility index (Phi) is 4.61. The second-order valence-electron chi connectivity index (χ2n) is 5.65. The molecular formula is C15H12ClF3N4O3. The number of alkyl halides is 3. The van der Waals surface area contributed by atoms with E-state index in [1.165, 1.54) is 11.1 Å². The van der Waals surface area contributed by atoms with Crippen LogP contribution in [0.2, 0.25) is 5.02 Å². The SMILES string of the molecule is O=C(O)[C@H]1CCCN1c1cnn(-c2ccc(C(F)(F)F)cn2)c(=O)c1Cl. The van der Waals surface area contributed by atoms with Crippen molar-refractivity contribution in [3.05, 3.63) is 45.5 Å². The summed E-state index contributed by atoms with van der Waals surface area (Å²) < 4.78 is 38.5. The molecule has 0 radical (unpaired) electrons. The van der Waals surface area contributed by atoms with Crippen LogP contribution in [0.15, 0.2) is 29.3 Å². The lowest BCUT2D eigenvalue weighted by atomic mass is 10.2. The zero-order chi connectivity index (χ0) is 19.1. The molecule has 0 unspecified atom stereocenters. The average Bonchev–Trinajstić information content (AvgIpc) is 3.06. The van der Waals surface area contributed by atoms with Crippen molar-refractivity contribution in [3.63, 3.8) is 0 Å². The van der Waals surface area contributed by atoms with Gasteiger partial charge in [0, 0.05) is 12.7 Å². The highest BCUT2D eigenvalue weighted by Gasteiger charge is 2.33. The first-order chi connectivity index (χ1) is 12.2. The summed E-state index contributed by atoms with van der Waals surface area (Å²) in [6, 6.07) is 0.969. The van der Waals surface area contributed by atoms with Gasteiger partial charge in [-0.15, -0.1) is 0 Å². The van der Waals surface area contributed by atoms with E-state index in [9.17, 15) is 27.9 Å². The van der Waals surface area contributed by atoms with Gasteiger partial charge in [0.05, 0.1) is 17.4 Å². The summed E-state index contributed by atoms with van der Waals surface area (Å²) >= 11 is 6.09. The lowest BCUT2D eigenvalue weighted by Gasteiger charge is -2.24. The maximum Gasteiger partial charge on any atom is 0.417 e. The molecule has 11 heteroatoms. The molecule has 3 heterocycles. The van der Waals surface area contributed by atoms with Crippen molar-refractivity contribution in [2.24, 2.45) is 0 Å². The molecule has 1 aliphatic rings. The molecule has 2 aromatic rings. The quantitative estimate of drug-likeness (QED) is 0.868. The molecule has 1 N–H and O–H groups in total. The summed E-state index contributed by atoms with van der Waals surface area (Å²) in [5, 5.41) is 12.9. The Bertz CT molecular complexity index is 898. The minimum absolute atomic E-state index is 0.132. The summed E-state index contributed by atoms with van der Waals surface area (Å²) in [7, 11) is 0. The molecule has 3 rings (SSSR count). The third-order valence-corrected chi connectivity index (χ3v) is 4.40. The molecule has 2 aromatic heterocycles. The van der Waals surface area contributed by atoms with Crippen LogP contribution < -0.4 is 10.5 Å². The van der Waals surface area contributed by atoms with Gasteiger partial charge in [0.1, 0.15) is 11.1 Å². The largest absolute Gasteiger partial charge is 0.480 e. The molecule has 0 aliphatic carbocycles.